The van der Waals surface area contributed by atoms with Gasteiger partial charge in [0, 0.05) is 18.8 Å². The Labute approximate surface area is 63.9 Å². The molecular formula is C8H18N2. The van der Waals surface area contributed by atoms with Gasteiger partial charge < -0.3 is 0 Å². The minimum atomic E-state index is 0.524. The summed E-state index contributed by atoms with van der Waals surface area (Å²) in [7, 11) is 0. The van der Waals surface area contributed by atoms with Gasteiger partial charge in [0.15, 0.2) is 0 Å². The molecular weight excluding hydrogens is 124 g/mol. The first-order valence-electron chi connectivity index (χ1n) is 3.97. The first-order valence-corrected chi connectivity index (χ1v) is 3.97. The van der Waals surface area contributed by atoms with Gasteiger partial charge in [0.2, 0.25) is 0 Å². The predicted molar refractivity (Wildman–Crippen MR) is 46.3 cm³/mol. The molecule has 10 heavy (non-hydrogen) atoms. The van der Waals surface area contributed by atoms with Gasteiger partial charge in [-0.05, 0) is 27.2 Å². The molecule has 0 aromatic heterocycles. The van der Waals surface area contributed by atoms with Crippen molar-refractivity contribution in [3.05, 3.63) is 0 Å². The third-order valence-electron chi connectivity index (χ3n) is 1.31. The van der Waals surface area contributed by atoms with Gasteiger partial charge >= 0.3 is 0 Å². The number of hydrazone groups is 1. The molecule has 0 fully saturated rings. The van der Waals surface area contributed by atoms with Gasteiger partial charge in [-0.3, -0.25) is 5.01 Å². The van der Waals surface area contributed by atoms with Crippen LogP contribution in [0, 0.1) is 0 Å². The van der Waals surface area contributed by atoms with E-state index in [1.807, 2.05) is 13.1 Å². The molecule has 0 saturated carbocycles. The van der Waals surface area contributed by atoms with E-state index < -0.39 is 0 Å². The molecule has 0 bridgehead atoms. The van der Waals surface area contributed by atoms with Crippen molar-refractivity contribution >= 4 is 6.21 Å². The molecule has 0 spiro atoms. The molecule has 2 heteroatoms. The van der Waals surface area contributed by atoms with Crippen molar-refractivity contribution < 1.29 is 0 Å². The third-order valence-corrected chi connectivity index (χ3v) is 1.31. The van der Waals surface area contributed by atoms with Gasteiger partial charge in [-0.15, -0.1) is 0 Å². The summed E-state index contributed by atoms with van der Waals surface area (Å²) in [5, 5.41) is 6.32. The molecule has 0 unspecified atom stereocenters. The first kappa shape index (κ1) is 9.47. The van der Waals surface area contributed by atoms with E-state index in [2.05, 4.69) is 30.9 Å². The lowest BCUT2D eigenvalue weighted by Crippen LogP contribution is -2.26. The monoisotopic (exact) mass is 142 g/mol. The maximum atomic E-state index is 4.22. The van der Waals surface area contributed by atoms with Crippen molar-refractivity contribution in [3.63, 3.8) is 0 Å². The average molecular weight is 142 g/mol. The molecule has 0 rings (SSSR count). The molecule has 0 aliphatic heterocycles. The van der Waals surface area contributed by atoms with Crippen LogP contribution in [-0.4, -0.2) is 23.8 Å². The lowest BCUT2D eigenvalue weighted by Gasteiger charge is -2.21. The highest BCUT2D eigenvalue weighted by Gasteiger charge is 2.01. The second-order valence-corrected chi connectivity index (χ2v) is 2.63. The highest BCUT2D eigenvalue weighted by Crippen LogP contribution is 1.98. The van der Waals surface area contributed by atoms with Crippen LogP contribution in [0.2, 0.25) is 0 Å². The van der Waals surface area contributed by atoms with E-state index in [-0.39, 0.29) is 0 Å². The Kier molecular flexibility index (Phi) is 4.99. The summed E-state index contributed by atoms with van der Waals surface area (Å²) in [4.78, 5) is 0. The number of hydrogen-bond acceptors (Lipinski definition) is 2. The molecule has 0 heterocycles. The van der Waals surface area contributed by atoms with Crippen LogP contribution >= 0.6 is 0 Å². The standard InChI is InChI=1S/C8H18N2/c1-5-7-10(8(3)4)9-6-2/h6,8H,5,7H2,1-4H3. The Morgan fingerprint density at radius 3 is 2.40 bits per heavy atom. The average Bonchev–Trinajstić information content (AvgIpc) is 1.87. The molecule has 0 aromatic rings. The van der Waals surface area contributed by atoms with Crippen molar-refractivity contribution in [2.45, 2.75) is 40.2 Å². The predicted octanol–water partition coefficient (Wildman–Crippen LogP) is 2.11. The van der Waals surface area contributed by atoms with Crippen LogP contribution in [0.4, 0.5) is 0 Å². The van der Waals surface area contributed by atoms with Crippen LogP contribution in [0.1, 0.15) is 34.1 Å². The van der Waals surface area contributed by atoms with Gasteiger partial charge in [-0.1, -0.05) is 6.92 Å². The van der Waals surface area contributed by atoms with Crippen molar-refractivity contribution in [1.82, 2.24) is 5.01 Å². The zero-order valence-electron chi connectivity index (χ0n) is 7.46. The highest BCUT2D eigenvalue weighted by molar-refractivity contribution is 5.52. The van der Waals surface area contributed by atoms with E-state index in [0.29, 0.717) is 6.04 Å². The molecule has 0 saturated heterocycles. The smallest absolute Gasteiger partial charge is 0.0414 e. The van der Waals surface area contributed by atoms with Crippen LogP contribution in [0.25, 0.3) is 0 Å². The molecule has 0 amide bonds. The molecule has 0 N–H and O–H groups in total. The van der Waals surface area contributed by atoms with E-state index in [0.717, 1.165) is 13.0 Å². The Bertz CT molecular complexity index is 97.4. The van der Waals surface area contributed by atoms with Crippen LogP contribution in [0.3, 0.4) is 0 Å². The van der Waals surface area contributed by atoms with Crippen molar-refractivity contribution in [2.75, 3.05) is 6.54 Å². The largest absolute Gasteiger partial charge is 0.295 e. The molecule has 0 aliphatic rings. The summed E-state index contributed by atoms with van der Waals surface area (Å²) in [5.74, 6) is 0. The van der Waals surface area contributed by atoms with Crippen molar-refractivity contribution in [2.24, 2.45) is 5.10 Å². The van der Waals surface area contributed by atoms with Crippen LogP contribution < -0.4 is 0 Å². The summed E-state index contributed by atoms with van der Waals surface area (Å²) in [6.45, 7) is 9.49. The fraction of sp³-hybridized carbons (Fsp3) is 0.875. The molecule has 0 aliphatic carbocycles. The zero-order chi connectivity index (χ0) is 7.98. The topological polar surface area (TPSA) is 15.6 Å². The molecule has 60 valence electrons. The summed E-state index contributed by atoms with van der Waals surface area (Å²) in [6.07, 6.45) is 3.01. The van der Waals surface area contributed by atoms with Crippen LogP contribution in [-0.2, 0) is 0 Å². The fourth-order valence-electron chi connectivity index (χ4n) is 0.827. The fourth-order valence-corrected chi connectivity index (χ4v) is 0.827. The summed E-state index contributed by atoms with van der Waals surface area (Å²) in [5.41, 5.74) is 0. The Balaban J connectivity index is 3.72. The maximum absolute atomic E-state index is 4.22. The molecule has 0 atom stereocenters. The zero-order valence-corrected chi connectivity index (χ0v) is 7.46. The lowest BCUT2D eigenvalue weighted by atomic mass is 10.3. The second kappa shape index (κ2) is 5.27. The van der Waals surface area contributed by atoms with Gasteiger partial charge in [-0.2, -0.15) is 5.10 Å². The molecule has 0 aromatic carbocycles. The Hall–Kier alpha value is -0.530. The molecule has 0 radical (unpaired) electrons. The van der Waals surface area contributed by atoms with Crippen molar-refractivity contribution in [3.8, 4) is 0 Å². The Morgan fingerprint density at radius 2 is 2.10 bits per heavy atom. The summed E-state index contributed by atoms with van der Waals surface area (Å²) < 4.78 is 0. The Morgan fingerprint density at radius 1 is 1.50 bits per heavy atom. The van der Waals surface area contributed by atoms with E-state index in [4.69, 9.17) is 0 Å². The third kappa shape index (κ3) is 3.49. The highest BCUT2D eigenvalue weighted by atomic mass is 15.5. The van der Waals surface area contributed by atoms with Gasteiger partial charge in [0.05, 0.1) is 0 Å². The number of hydrogen-bond donors (Lipinski definition) is 0. The normalized spacial score (nSPS) is 11.3. The molecule has 2 nitrogen and oxygen atoms in total. The maximum Gasteiger partial charge on any atom is 0.0414 e. The first-order chi connectivity index (χ1) is 4.72. The van der Waals surface area contributed by atoms with E-state index in [1.165, 1.54) is 0 Å². The SMILES string of the molecule is CC=NN(CCC)C(C)C. The van der Waals surface area contributed by atoms with Gasteiger partial charge in [-0.25, -0.2) is 0 Å². The van der Waals surface area contributed by atoms with Gasteiger partial charge in [0.25, 0.3) is 0 Å². The quantitative estimate of drug-likeness (QED) is 0.433. The lowest BCUT2D eigenvalue weighted by molar-refractivity contribution is 0.234. The van der Waals surface area contributed by atoms with E-state index >= 15 is 0 Å². The minimum Gasteiger partial charge on any atom is -0.295 e. The summed E-state index contributed by atoms with van der Waals surface area (Å²) in [6, 6.07) is 0.524. The van der Waals surface area contributed by atoms with Crippen molar-refractivity contribution in [1.29, 1.82) is 0 Å². The summed E-state index contributed by atoms with van der Waals surface area (Å²) >= 11 is 0. The van der Waals surface area contributed by atoms with Crippen LogP contribution in [0.15, 0.2) is 5.10 Å². The van der Waals surface area contributed by atoms with Crippen LogP contribution in [0.5, 0.6) is 0 Å². The second-order valence-electron chi connectivity index (χ2n) is 2.63. The number of rotatable bonds is 4. The minimum absolute atomic E-state index is 0.524. The van der Waals surface area contributed by atoms with Gasteiger partial charge in [0.1, 0.15) is 0 Å². The number of nitrogens with zero attached hydrogens (tertiary/aromatic N) is 2. The van der Waals surface area contributed by atoms with E-state index in [9.17, 15) is 0 Å². The van der Waals surface area contributed by atoms with E-state index in [1.54, 1.807) is 0 Å².